The lowest BCUT2D eigenvalue weighted by Gasteiger charge is -2.10. The summed E-state index contributed by atoms with van der Waals surface area (Å²) in [6.45, 7) is 0.234. The quantitative estimate of drug-likeness (QED) is 0.838. The summed E-state index contributed by atoms with van der Waals surface area (Å²) in [4.78, 5) is 4.15. The summed E-state index contributed by atoms with van der Waals surface area (Å²) in [7, 11) is 1.61. The Morgan fingerprint density at radius 2 is 2.12 bits per heavy atom. The number of methoxy groups -OCH3 is 1. The molecule has 2 rings (SSSR count). The van der Waals surface area contributed by atoms with E-state index in [2.05, 4.69) is 10.1 Å². The molecule has 0 fully saturated rings. The van der Waals surface area contributed by atoms with Crippen LogP contribution < -0.4 is 5.73 Å². The number of benzene rings is 1. The SMILES string of the molecule is CO[C@@H](c1ccccc1)c1noc(CN)n1. The van der Waals surface area contributed by atoms with E-state index in [9.17, 15) is 0 Å². The zero-order valence-corrected chi connectivity index (χ0v) is 8.96. The lowest BCUT2D eigenvalue weighted by atomic mass is 10.1. The Labute approximate surface area is 93.2 Å². The second-order valence-electron chi connectivity index (χ2n) is 3.28. The van der Waals surface area contributed by atoms with Crippen LogP contribution in [0.4, 0.5) is 0 Å². The van der Waals surface area contributed by atoms with Crippen LogP contribution in [0.25, 0.3) is 0 Å². The summed E-state index contributed by atoms with van der Waals surface area (Å²) in [5.41, 5.74) is 6.39. The van der Waals surface area contributed by atoms with Crippen molar-refractivity contribution in [3.63, 3.8) is 0 Å². The molecule has 2 N–H and O–H groups in total. The molecule has 84 valence electrons. The number of nitrogens with two attached hydrogens (primary N) is 1. The maximum absolute atomic E-state index is 5.41. The first kappa shape index (κ1) is 10.8. The summed E-state index contributed by atoms with van der Waals surface area (Å²) in [6, 6.07) is 9.72. The average molecular weight is 219 g/mol. The van der Waals surface area contributed by atoms with Gasteiger partial charge in [-0.1, -0.05) is 35.5 Å². The topological polar surface area (TPSA) is 74.2 Å². The molecular weight excluding hydrogens is 206 g/mol. The second kappa shape index (κ2) is 4.87. The molecule has 0 spiro atoms. The van der Waals surface area contributed by atoms with Gasteiger partial charge in [-0.05, 0) is 5.56 Å². The second-order valence-corrected chi connectivity index (χ2v) is 3.28. The van der Waals surface area contributed by atoms with E-state index in [1.54, 1.807) is 7.11 Å². The molecule has 1 heterocycles. The third kappa shape index (κ3) is 2.10. The van der Waals surface area contributed by atoms with Gasteiger partial charge in [0.2, 0.25) is 11.7 Å². The molecular formula is C11H13N3O2. The van der Waals surface area contributed by atoms with Crippen LogP contribution in [0.2, 0.25) is 0 Å². The van der Waals surface area contributed by atoms with E-state index in [-0.39, 0.29) is 12.6 Å². The molecule has 2 aromatic rings. The van der Waals surface area contributed by atoms with Crippen LogP contribution in [-0.4, -0.2) is 17.3 Å². The molecule has 0 saturated carbocycles. The molecule has 5 heteroatoms. The number of hydrogen-bond donors (Lipinski definition) is 1. The van der Waals surface area contributed by atoms with Crippen LogP contribution in [0.15, 0.2) is 34.9 Å². The molecule has 1 atom stereocenters. The lowest BCUT2D eigenvalue weighted by Crippen LogP contribution is -2.06. The van der Waals surface area contributed by atoms with E-state index in [0.717, 1.165) is 5.56 Å². The number of ether oxygens (including phenoxy) is 1. The highest BCUT2D eigenvalue weighted by Crippen LogP contribution is 2.22. The minimum Gasteiger partial charge on any atom is -0.369 e. The van der Waals surface area contributed by atoms with Crippen molar-refractivity contribution in [3.8, 4) is 0 Å². The highest BCUT2D eigenvalue weighted by Gasteiger charge is 2.19. The molecule has 0 aliphatic rings. The first-order valence-corrected chi connectivity index (χ1v) is 4.95. The third-order valence-corrected chi connectivity index (χ3v) is 2.23. The standard InChI is InChI=1S/C11H13N3O2/c1-15-10(8-5-3-2-4-6-8)11-13-9(7-12)16-14-11/h2-6,10H,7,12H2,1H3/t10-/m0/s1. The number of hydrogen-bond acceptors (Lipinski definition) is 5. The van der Waals surface area contributed by atoms with E-state index in [1.807, 2.05) is 30.3 Å². The summed E-state index contributed by atoms with van der Waals surface area (Å²) in [5.74, 6) is 0.905. The van der Waals surface area contributed by atoms with Crippen LogP contribution in [0.5, 0.6) is 0 Å². The van der Waals surface area contributed by atoms with Gasteiger partial charge in [-0.2, -0.15) is 4.98 Å². The van der Waals surface area contributed by atoms with Gasteiger partial charge in [-0.15, -0.1) is 0 Å². The van der Waals surface area contributed by atoms with Crippen LogP contribution in [0.3, 0.4) is 0 Å². The Balaban J connectivity index is 2.29. The monoisotopic (exact) mass is 219 g/mol. The van der Waals surface area contributed by atoms with Crippen molar-refractivity contribution in [1.82, 2.24) is 10.1 Å². The molecule has 1 aromatic heterocycles. The molecule has 0 amide bonds. The summed E-state index contributed by atoms with van der Waals surface area (Å²) in [6.07, 6.45) is -0.315. The minimum atomic E-state index is -0.315. The van der Waals surface area contributed by atoms with Crippen LogP contribution >= 0.6 is 0 Å². The fraction of sp³-hybridized carbons (Fsp3) is 0.273. The van der Waals surface area contributed by atoms with Gasteiger partial charge in [0.05, 0.1) is 6.54 Å². The van der Waals surface area contributed by atoms with Gasteiger partial charge in [0.25, 0.3) is 0 Å². The van der Waals surface area contributed by atoms with Crippen LogP contribution in [0, 0.1) is 0 Å². The Bertz CT molecular complexity index is 442. The van der Waals surface area contributed by atoms with E-state index in [1.165, 1.54) is 0 Å². The molecule has 0 unspecified atom stereocenters. The van der Waals surface area contributed by atoms with E-state index < -0.39 is 0 Å². The molecule has 1 aromatic carbocycles. The summed E-state index contributed by atoms with van der Waals surface area (Å²) < 4.78 is 10.3. The van der Waals surface area contributed by atoms with Crippen molar-refractivity contribution in [2.45, 2.75) is 12.6 Å². The van der Waals surface area contributed by atoms with Gasteiger partial charge >= 0.3 is 0 Å². The summed E-state index contributed by atoms with van der Waals surface area (Å²) in [5, 5.41) is 3.84. The fourth-order valence-corrected chi connectivity index (χ4v) is 1.48. The van der Waals surface area contributed by atoms with Crippen LogP contribution in [0.1, 0.15) is 23.4 Å². The van der Waals surface area contributed by atoms with Crippen molar-refractivity contribution in [2.24, 2.45) is 5.73 Å². The van der Waals surface area contributed by atoms with Gasteiger partial charge in [-0.25, -0.2) is 0 Å². The number of rotatable bonds is 4. The number of nitrogens with zero attached hydrogens (tertiary/aromatic N) is 2. The van der Waals surface area contributed by atoms with Gasteiger partial charge in [0.15, 0.2) is 0 Å². The predicted molar refractivity (Wildman–Crippen MR) is 57.5 cm³/mol. The Morgan fingerprint density at radius 1 is 1.38 bits per heavy atom. The molecule has 0 aliphatic carbocycles. The zero-order valence-electron chi connectivity index (χ0n) is 8.96. The predicted octanol–water partition coefficient (Wildman–Crippen LogP) is 1.26. The first-order chi connectivity index (χ1) is 7.85. The summed E-state index contributed by atoms with van der Waals surface area (Å²) >= 11 is 0. The van der Waals surface area contributed by atoms with Crippen molar-refractivity contribution in [1.29, 1.82) is 0 Å². The molecule has 0 radical (unpaired) electrons. The third-order valence-electron chi connectivity index (χ3n) is 2.23. The molecule has 0 bridgehead atoms. The van der Waals surface area contributed by atoms with Crippen molar-refractivity contribution in [3.05, 3.63) is 47.6 Å². The zero-order chi connectivity index (χ0) is 11.4. The molecule has 0 aliphatic heterocycles. The maximum Gasteiger partial charge on any atom is 0.240 e. The van der Waals surface area contributed by atoms with Crippen LogP contribution in [-0.2, 0) is 11.3 Å². The highest BCUT2D eigenvalue weighted by molar-refractivity contribution is 5.22. The van der Waals surface area contributed by atoms with E-state index in [0.29, 0.717) is 11.7 Å². The van der Waals surface area contributed by atoms with E-state index in [4.69, 9.17) is 15.0 Å². The van der Waals surface area contributed by atoms with E-state index >= 15 is 0 Å². The Hall–Kier alpha value is -1.72. The number of aromatic nitrogens is 2. The Kier molecular flexibility index (Phi) is 3.28. The molecule has 16 heavy (non-hydrogen) atoms. The highest BCUT2D eigenvalue weighted by atomic mass is 16.5. The smallest absolute Gasteiger partial charge is 0.240 e. The van der Waals surface area contributed by atoms with Crippen molar-refractivity contribution in [2.75, 3.05) is 7.11 Å². The van der Waals surface area contributed by atoms with Gasteiger partial charge in [0.1, 0.15) is 6.10 Å². The molecule has 5 nitrogen and oxygen atoms in total. The van der Waals surface area contributed by atoms with Gasteiger partial charge in [0, 0.05) is 7.11 Å². The first-order valence-electron chi connectivity index (χ1n) is 4.95. The van der Waals surface area contributed by atoms with Gasteiger partial charge in [-0.3, -0.25) is 0 Å². The Morgan fingerprint density at radius 3 is 2.69 bits per heavy atom. The average Bonchev–Trinajstić information content (AvgIpc) is 2.80. The maximum atomic E-state index is 5.41. The normalized spacial score (nSPS) is 12.6. The van der Waals surface area contributed by atoms with Crippen molar-refractivity contribution >= 4 is 0 Å². The fourth-order valence-electron chi connectivity index (χ4n) is 1.48. The minimum absolute atomic E-state index is 0.234. The van der Waals surface area contributed by atoms with Gasteiger partial charge < -0.3 is 15.0 Å². The molecule has 0 saturated heterocycles. The van der Waals surface area contributed by atoms with Crippen molar-refractivity contribution < 1.29 is 9.26 Å². The largest absolute Gasteiger partial charge is 0.369 e. The lowest BCUT2D eigenvalue weighted by molar-refractivity contribution is 0.126.